The van der Waals surface area contributed by atoms with Crippen LogP contribution in [0.4, 0.5) is 0 Å². The van der Waals surface area contributed by atoms with Gasteiger partial charge in [0, 0.05) is 7.11 Å². The van der Waals surface area contributed by atoms with Crippen molar-refractivity contribution in [3.05, 3.63) is 11.7 Å². The van der Waals surface area contributed by atoms with Gasteiger partial charge in [-0.2, -0.15) is 4.98 Å². The zero-order valence-corrected chi connectivity index (χ0v) is 8.04. The first-order valence-electron chi connectivity index (χ1n) is 4.63. The van der Waals surface area contributed by atoms with Crippen LogP contribution < -0.4 is 0 Å². The van der Waals surface area contributed by atoms with Gasteiger partial charge in [0.1, 0.15) is 5.60 Å². The van der Waals surface area contributed by atoms with Crippen molar-refractivity contribution in [3.8, 4) is 0 Å². The second-order valence-corrected chi connectivity index (χ2v) is 3.55. The van der Waals surface area contributed by atoms with Crippen LogP contribution in [0.1, 0.15) is 37.4 Å². The van der Waals surface area contributed by atoms with E-state index in [1.165, 1.54) is 12.8 Å². The Hall–Kier alpha value is -0.900. The Morgan fingerprint density at radius 2 is 2.08 bits per heavy atom. The number of aryl methyl sites for hydroxylation is 1. The van der Waals surface area contributed by atoms with E-state index in [-0.39, 0.29) is 5.60 Å². The van der Waals surface area contributed by atoms with Gasteiger partial charge in [0.05, 0.1) is 0 Å². The second kappa shape index (κ2) is 3.10. The molecule has 1 saturated carbocycles. The molecule has 0 spiro atoms. The first-order valence-corrected chi connectivity index (χ1v) is 4.63. The highest BCUT2D eigenvalue weighted by Gasteiger charge is 2.40. The SMILES string of the molecule is COC1(c2nc(C)no2)CCCC1. The number of nitrogens with zero attached hydrogens (tertiary/aromatic N) is 2. The largest absolute Gasteiger partial charge is 0.368 e. The average Bonchev–Trinajstić information content (AvgIpc) is 2.73. The van der Waals surface area contributed by atoms with Gasteiger partial charge in [-0.05, 0) is 32.6 Å². The van der Waals surface area contributed by atoms with Crippen LogP contribution >= 0.6 is 0 Å². The molecule has 0 radical (unpaired) electrons. The fourth-order valence-electron chi connectivity index (χ4n) is 1.93. The molecule has 4 nitrogen and oxygen atoms in total. The smallest absolute Gasteiger partial charge is 0.258 e. The maximum atomic E-state index is 5.50. The summed E-state index contributed by atoms with van der Waals surface area (Å²) < 4.78 is 10.7. The minimum Gasteiger partial charge on any atom is -0.368 e. The van der Waals surface area contributed by atoms with E-state index in [1.54, 1.807) is 7.11 Å². The lowest BCUT2D eigenvalue weighted by molar-refractivity contribution is -0.0342. The highest BCUT2D eigenvalue weighted by Crippen LogP contribution is 2.40. The van der Waals surface area contributed by atoms with E-state index in [0.717, 1.165) is 12.8 Å². The fraction of sp³-hybridized carbons (Fsp3) is 0.778. The van der Waals surface area contributed by atoms with E-state index in [1.807, 2.05) is 6.92 Å². The predicted molar refractivity (Wildman–Crippen MR) is 46.2 cm³/mol. The maximum absolute atomic E-state index is 5.50. The molecule has 1 aliphatic rings. The zero-order chi connectivity index (χ0) is 9.31. The molecule has 1 heterocycles. The zero-order valence-electron chi connectivity index (χ0n) is 8.04. The molecule has 0 saturated heterocycles. The van der Waals surface area contributed by atoms with E-state index < -0.39 is 0 Å². The number of hydrogen-bond acceptors (Lipinski definition) is 4. The Morgan fingerprint density at radius 1 is 1.38 bits per heavy atom. The van der Waals surface area contributed by atoms with Gasteiger partial charge < -0.3 is 9.26 Å². The van der Waals surface area contributed by atoms with Gasteiger partial charge in [-0.3, -0.25) is 0 Å². The van der Waals surface area contributed by atoms with Crippen molar-refractivity contribution >= 4 is 0 Å². The Morgan fingerprint density at radius 3 is 2.54 bits per heavy atom. The minimum atomic E-state index is -0.290. The predicted octanol–water partition coefficient (Wildman–Crippen LogP) is 1.79. The van der Waals surface area contributed by atoms with Crippen LogP contribution in [-0.2, 0) is 10.3 Å². The first-order chi connectivity index (χ1) is 6.27. The van der Waals surface area contributed by atoms with Crippen LogP contribution in [-0.4, -0.2) is 17.3 Å². The van der Waals surface area contributed by atoms with Crippen LogP contribution in [0.2, 0.25) is 0 Å². The van der Waals surface area contributed by atoms with E-state index in [4.69, 9.17) is 9.26 Å². The van der Waals surface area contributed by atoms with Crippen molar-refractivity contribution in [2.24, 2.45) is 0 Å². The van der Waals surface area contributed by atoms with Gasteiger partial charge in [0.2, 0.25) is 0 Å². The van der Waals surface area contributed by atoms with Gasteiger partial charge in [-0.25, -0.2) is 0 Å². The standard InChI is InChI=1S/C9H14N2O2/c1-7-10-8(13-11-7)9(12-2)5-3-4-6-9/h3-6H2,1-2H3. The van der Waals surface area contributed by atoms with Gasteiger partial charge in [0.25, 0.3) is 5.89 Å². The van der Waals surface area contributed by atoms with E-state index in [9.17, 15) is 0 Å². The van der Waals surface area contributed by atoms with Crippen molar-refractivity contribution < 1.29 is 9.26 Å². The average molecular weight is 182 g/mol. The van der Waals surface area contributed by atoms with E-state index in [0.29, 0.717) is 11.7 Å². The fourth-order valence-corrected chi connectivity index (χ4v) is 1.93. The van der Waals surface area contributed by atoms with Crippen LogP contribution in [0, 0.1) is 6.92 Å². The van der Waals surface area contributed by atoms with E-state index >= 15 is 0 Å². The quantitative estimate of drug-likeness (QED) is 0.699. The maximum Gasteiger partial charge on any atom is 0.258 e. The topological polar surface area (TPSA) is 48.2 Å². The Balaban J connectivity index is 2.30. The summed E-state index contributed by atoms with van der Waals surface area (Å²) >= 11 is 0. The molecule has 1 aromatic rings. The minimum absolute atomic E-state index is 0.290. The molecule has 0 unspecified atom stereocenters. The third-order valence-electron chi connectivity index (χ3n) is 2.72. The molecule has 2 rings (SSSR count). The summed E-state index contributed by atoms with van der Waals surface area (Å²) in [5.41, 5.74) is -0.290. The lowest BCUT2D eigenvalue weighted by Gasteiger charge is -2.21. The van der Waals surface area contributed by atoms with Crippen molar-refractivity contribution in [2.45, 2.75) is 38.2 Å². The molecule has 1 aromatic heterocycles. The third-order valence-corrected chi connectivity index (χ3v) is 2.72. The number of ether oxygens (including phenoxy) is 1. The summed E-state index contributed by atoms with van der Waals surface area (Å²) in [6, 6.07) is 0. The Labute approximate surface area is 77.3 Å². The molecule has 0 bridgehead atoms. The summed E-state index contributed by atoms with van der Waals surface area (Å²) in [5, 5.41) is 3.79. The number of rotatable bonds is 2. The van der Waals surface area contributed by atoms with Gasteiger partial charge >= 0.3 is 0 Å². The lowest BCUT2D eigenvalue weighted by atomic mass is 10.0. The number of aromatic nitrogens is 2. The molecule has 0 N–H and O–H groups in total. The molecule has 4 heteroatoms. The first kappa shape index (κ1) is 8.69. The third kappa shape index (κ3) is 1.35. The van der Waals surface area contributed by atoms with Crippen LogP contribution in [0.15, 0.2) is 4.52 Å². The molecule has 0 aliphatic heterocycles. The summed E-state index contributed by atoms with van der Waals surface area (Å²) in [7, 11) is 1.71. The van der Waals surface area contributed by atoms with Crippen LogP contribution in [0.3, 0.4) is 0 Å². The Kier molecular flexibility index (Phi) is 2.07. The summed E-state index contributed by atoms with van der Waals surface area (Å²) in [6.07, 6.45) is 4.33. The summed E-state index contributed by atoms with van der Waals surface area (Å²) in [6.45, 7) is 1.82. The monoisotopic (exact) mass is 182 g/mol. The molecule has 72 valence electrons. The molecule has 0 atom stereocenters. The summed E-state index contributed by atoms with van der Waals surface area (Å²) in [4.78, 5) is 4.23. The molecule has 1 aliphatic carbocycles. The van der Waals surface area contributed by atoms with E-state index in [2.05, 4.69) is 10.1 Å². The molecular weight excluding hydrogens is 168 g/mol. The van der Waals surface area contributed by atoms with Crippen LogP contribution in [0.25, 0.3) is 0 Å². The number of methoxy groups -OCH3 is 1. The van der Waals surface area contributed by atoms with Crippen molar-refractivity contribution in [3.63, 3.8) is 0 Å². The molecule has 0 amide bonds. The highest BCUT2D eigenvalue weighted by molar-refractivity contribution is 5.01. The van der Waals surface area contributed by atoms with Crippen LogP contribution in [0.5, 0.6) is 0 Å². The summed E-state index contributed by atoms with van der Waals surface area (Å²) in [5.74, 6) is 1.32. The van der Waals surface area contributed by atoms with Crippen molar-refractivity contribution in [1.82, 2.24) is 10.1 Å². The van der Waals surface area contributed by atoms with Crippen molar-refractivity contribution in [2.75, 3.05) is 7.11 Å². The van der Waals surface area contributed by atoms with Gasteiger partial charge in [0.15, 0.2) is 5.82 Å². The highest BCUT2D eigenvalue weighted by atomic mass is 16.5. The lowest BCUT2D eigenvalue weighted by Crippen LogP contribution is -2.24. The van der Waals surface area contributed by atoms with Gasteiger partial charge in [-0.1, -0.05) is 5.16 Å². The normalized spacial score (nSPS) is 20.8. The molecule has 1 fully saturated rings. The van der Waals surface area contributed by atoms with Crippen molar-refractivity contribution in [1.29, 1.82) is 0 Å². The van der Waals surface area contributed by atoms with Gasteiger partial charge in [-0.15, -0.1) is 0 Å². The Bertz CT molecular complexity index is 290. The molecule has 13 heavy (non-hydrogen) atoms. The second-order valence-electron chi connectivity index (χ2n) is 3.55. The molecule has 0 aromatic carbocycles. The number of hydrogen-bond donors (Lipinski definition) is 0. The molecular formula is C9H14N2O2.